The molecule has 2 saturated heterocycles. The van der Waals surface area contributed by atoms with Gasteiger partial charge in [0.15, 0.2) is 0 Å². The Morgan fingerprint density at radius 1 is 0.800 bits per heavy atom. The second-order valence-corrected chi connectivity index (χ2v) is 11.7. The summed E-state index contributed by atoms with van der Waals surface area (Å²) in [6, 6.07) is 0.181. The molecule has 7 heteroatoms. The van der Waals surface area contributed by atoms with Gasteiger partial charge >= 0.3 is 0 Å². The zero-order valence-corrected chi connectivity index (χ0v) is 20.6. The normalized spacial score (nSPS) is 25.3. The lowest BCUT2D eigenvalue weighted by molar-refractivity contribution is 0.215. The van der Waals surface area contributed by atoms with Gasteiger partial charge in [-0.3, -0.25) is 0 Å². The van der Waals surface area contributed by atoms with Crippen LogP contribution in [0.1, 0.15) is 94.4 Å². The third-order valence-corrected chi connectivity index (χ3v) is 6.87. The van der Waals surface area contributed by atoms with Crippen molar-refractivity contribution in [3.05, 3.63) is 0 Å². The number of aromatic nitrogens is 3. The van der Waals surface area contributed by atoms with Crippen molar-refractivity contribution >= 4 is 17.8 Å². The molecule has 0 radical (unpaired) electrons. The summed E-state index contributed by atoms with van der Waals surface area (Å²) in [5, 5.41) is 3.34. The molecule has 0 bridgehead atoms. The first-order valence-corrected chi connectivity index (χ1v) is 11.6. The number of rotatable bonds is 4. The van der Waals surface area contributed by atoms with Gasteiger partial charge in [0.1, 0.15) is 0 Å². The molecule has 30 heavy (non-hydrogen) atoms. The van der Waals surface area contributed by atoms with Crippen molar-refractivity contribution < 1.29 is 0 Å². The molecule has 2 fully saturated rings. The van der Waals surface area contributed by atoms with E-state index in [9.17, 15) is 0 Å². The molecule has 0 aromatic carbocycles. The van der Waals surface area contributed by atoms with E-state index >= 15 is 0 Å². The Bertz CT molecular complexity index is 735. The topological polar surface area (TPSA) is 83.2 Å². The molecule has 0 amide bonds. The highest BCUT2D eigenvalue weighted by Crippen LogP contribution is 2.43. The molecule has 1 aromatic heterocycles. The van der Waals surface area contributed by atoms with Crippen LogP contribution in [-0.2, 0) is 0 Å². The number of hydrogen-bond donors (Lipinski definition) is 2. The highest BCUT2D eigenvalue weighted by atomic mass is 15.4. The van der Waals surface area contributed by atoms with Crippen molar-refractivity contribution in [1.82, 2.24) is 15.0 Å². The quantitative estimate of drug-likeness (QED) is 0.754. The van der Waals surface area contributed by atoms with Gasteiger partial charge < -0.3 is 20.9 Å². The fourth-order valence-electron chi connectivity index (χ4n) is 6.23. The molecule has 0 aliphatic carbocycles. The smallest absolute Gasteiger partial charge is 0.232 e. The van der Waals surface area contributed by atoms with Crippen LogP contribution in [-0.4, -0.2) is 49.7 Å². The minimum absolute atomic E-state index is 0.0147. The second kappa shape index (κ2) is 7.50. The average molecular weight is 418 g/mol. The van der Waals surface area contributed by atoms with Gasteiger partial charge in [-0.15, -0.1) is 0 Å². The van der Waals surface area contributed by atoms with Gasteiger partial charge in [0.2, 0.25) is 17.8 Å². The molecule has 0 spiro atoms. The lowest BCUT2D eigenvalue weighted by Gasteiger charge is -2.55. The van der Waals surface area contributed by atoms with Crippen LogP contribution in [0.5, 0.6) is 0 Å². The molecule has 7 nitrogen and oxygen atoms in total. The van der Waals surface area contributed by atoms with Crippen molar-refractivity contribution in [2.24, 2.45) is 5.73 Å². The van der Waals surface area contributed by atoms with Crippen molar-refractivity contribution in [3.8, 4) is 0 Å². The van der Waals surface area contributed by atoms with Crippen LogP contribution in [0.15, 0.2) is 0 Å². The Kier molecular flexibility index (Phi) is 5.76. The Morgan fingerprint density at radius 3 is 1.67 bits per heavy atom. The van der Waals surface area contributed by atoms with Crippen molar-refractivity contribution in [3.63, 3.8) is 0 Å². The Morgan fingerprint density at radius 2 is 1.23 bits per heavy atom. The summed E-state index contributed by atoms with van der Waals surface area (Å²) < 4.78 is 0. The summed E-state index contributed by atoms with van der Waals surface area (Å²) >= 11 is 0. The summed E-state index contributed by atoms with van der Waals surface area (Å²) in [6.45, 7) is 21.1. The van der Waals surface area contributed by atoms with E-state index < -0.39 is 0 Å². The molecular weight excluding hydrogens is 374 g/mol. The highest BCUT2D eigenvalue weighted by Gasteiger charge is 2.47. The first kappa shape index (κ1) is 23.0. The number of anilines is 3. The van der Waals surface area contributed by atoms with Gasteiger partial charge in [-0.1, -0.05) is 0 Å². The Labute approximate surface area is 183 Å². The first-order chi connectivity index (χ1) is 13.7. The van der Waals surface area contributed by atoms with E-state index in [4.69, 9.17) is 20.7 Å². The van der Waals surface area contributed by atoms with Crippen molar-refractivity contribution in [2.75, 3.05) is 21.7 Å². The summed E-state index contributed by atoms with van der Waals surface area (Å²) in [7, 11) is 0. The summed E-state index contributed by atoms with van der Waals surface area (Å²) in [4.78, 5) is 19.7. The predicted molar refractivity (Wildman–Crippen MR) is 126 cm³/mol. The van der Waals surface area contributed by atoms with Crippen molar-refractivity contribution in [1.29, 1.82) is 0 Å². The van der Waals surface area contributed by atoms with E-state index in [1.807, 2.05) is 0 Å². The third-order valence-electron chi connectivity index (χ3n) is 6.87. The van der Waals surface area contributed by atoms with E-state index in [-0.39, 0.29) is 28.2 Å². The van der Waals surface area contributed by atoms with Crippen LogP contribution in [0.4, 0.5) is 17.8 Å². The van der Waals surface area contributed by atoms with Gasteiger partial charge in [-0.05, 0) is 94.4 Å². The van der Waals surface area contributed by atoms with Crippen LogP contribution in [0.3, 0.4) is 0 Å². The number of nitrogens with one attached hydrogen (secondary N) is 1. The van der Waals surface area contributed by atoms with Gasteiger partial charge in [-0.25, -0.2) is 0 Å². The van der Waals surface area contributed by atoms with E-state index in [0.717, 1.165) is 44.1 Å². The second-order valence-electron chi connectivity index (χ2n) is 11.7. The minimum Gasteiger partial charge on any atom is -0.354 e. The monoisotopic (exact) mass is 417 g/mol. The zero-order valence-electron chi connectivity index (χ0n) is 20.6. The summed E-state index contributed by atoms with van der Waals surface area (Å²) in [5.41, 5.74) is 6.11. The molecule has 2 aliphatic rings. The molecule has 1 aromatic rings. The van der Waals surface area contributed by atoms with Crippen LogP contribution in [0, 0.1) is 0 Å². The molecule has 3 rings (SSSR count). The first-order valence-electron chi connectivity index (χ1n) is 11.6. The average Bonchev–Trinajstić information content (AvgIpc) is 2.50. The van der Waals surface area contributed by atoms with Gasteiger partial charge in [0.25, 0.3) is 0 Å². The Hall–Kier alpha value is -1.63. The van der Waals surface area contributed by atoms with Crippen molar-refractivity contribution in [2.45, 2.75) is 123 Å². The standard InChI is InChI=1S/C23H43N7/c1-10-25-17-26-18(29-20(2,3)12-11-13-21(29,4)5)28-19(27-17)30-22(6,7)14-16(24)15-23(30,8)9/h16H,10-15,24H2,1-9H3,(H,25,26,27,28). The highest BCUT2D eigenvalue weighted by molar-refractivity contribution is 5.52. The molecule has 0 unspecified atom stereocenters. The molecule has 170 valence electrons. The van der Waals surface area contributed by atoms with Gasteiger partial charge in [0.05, 0.1) is 0 Å². The molecule has 3 heterocycles. The predicted octanol–water partition coefficient (Wildman–Crippen LogP) is 4.34. The van der Waals surface area contributed by atoms with Crippen LogP contribution in [0.2, 0.25) is 0 Å². The molecule has 0 saturated carbocycles. The number of hydrogen-bond acceptors (Lipinski definition) is 7. The number of nitrogens with two attached hydrogens (primary N) is 1. The number of piperidine rings is 2. The molecule has 0 atom stereocenters. The Balaban J connectivity index is 2.16. The lowest BCUT2D eigenvalue weighted by Crippen LogP contribution is -2.64. The fourth-order valence-corrected chi connectivity index (χ4v) is 6.23. The maximum atomic E-state index is 6.42. The van der Waals surface area contributed by atoms with Gasteiger partial charge in [0, 0.05) is 34.7 Å². The zero-order chi connectivity index (χ0) is 22.5. The van der Waals surface area contributed by atoms with Crippen LogP contribution in [0.25, 0.3) is 0 Å². The molecule has 3 N–H and O–H groups in total. The van der Waals surface area contributed by atoms with E-state index in [1.54, 1.807) is 0 Å². The summed E-state index contributed by atoms with van der Waals surface area (Å²) in [6.07, 6.45) is 5.30. The maximum absolute atomic E-state index is 6.42. The molecular formula is C23H43N7. The van der Waals surface area contributed by atoms with Crippen LogP contribution < -0.4 is 20.9 Å². The van der Waals surface area contributed by atoms with Crippen LogP contribution >= 0.6 is 0 Å². The SMILES string of the molecule is CCNc1nc(N2C(C)(C)CCCC2(C)C)nc(N2C(C)(C)CC(N)CC2(C)C)n1. The third kappa shape index (κ3) is 4.23. The minimum atomic E-state index is -0.143. The lowest BCUT2D eigenvalue weighted by atomic mass is 9.77. The van der Waals surface area contributed by atoms with E-state index in [0.29, 0.717) is 5.95 Å². The molecule has 2 aliphatic heterocycles. The maximum Gasteiger partial charge on any atom is 0.232 e. The van der Waals surface area contributed by atoms with E-state index in [1.165, 1.54) is 6.42 Å². The summed E-state index contributed by atoms with van der Waals surface area (Å²) in [5.74, 6) is 2.17. The number of nitrogens with zero attached hydrogens (tertiary/aromatic N) is 5. The fraction of sp³-hybridized carbons (Fsp3) is 0.870. The largest absolute Gasteiger partial charge is 0.354 e. The van der Waals surface area contributed by atoms with Gasteiger partial charge in [-0.2, -0.15) is 15.0 Å². The van der Waals surface area contributed by atoms with E-state index in [2.05, 4.69) is 77.4 Å².